The van der Waals surface area contributed by atoms with Crippen LogP contribution < -0.4 is 10.6 Å². The lowest BCUT2D eigenvalue weighted by atomic mass is 9.95. The standard InChI is InChI=1S/C19H29N3O2.ClH/c1-4-14(2)17(21-18(23)15-9-6-5-7-10-15)19(24)22-12-8-11-16(13-22)20-3;/h5-7,9-10,14,16-17,20H,4,8,11-13H2,1-3H3,(H,21,23);1H. The van der Waals surface area contributed by atoms with Crippen molar-refractivity contribution in [2.45, 2.75) is 45.2 Å². The zero-order valence-corrected chi connectivity index (χ0v) is 16.1. The lowest BCUT2D eigenvalue weighted by Crippen LogP contribution is -2.56. The van der Waals surface area contributed by atoms with Crippen LogP contribution in [0.3, 0.4) is 0 Å². The second-order valence-corrected chi connectivity index (χ2v) is 6.61. The highest BCUT2D eigenvalue weighted by Gasteiger charge is 2.32. The Balaban J connectivity index is 0.00000312. The first kappa shape index (κ1) is 21.5. The van der Waals surface area contributed by atoms with Gasteiger partial charge in [-0.15, -0.1) is 12.4 Å². The van der Waals surface area contributed by atoms with E-state index in [4.69, 9.17) is 0 Å². The molecule has 2 N–H and O–H groups in total. The largest absolute Gasteiger partial charge is 0.340 e. The Kier molecular flexibility index (Phi) is 8.93. The number of halogens is 1. The second-order valence-electron chi connectivity index (χ2n) is 6.61. The van der Waals surface area contributed by atoms with E-state index < -0.39 is 6.04 Å². The number of benzene rings is 1. The second kappa shape index (κ2) is 10.4. The Bertz CT molecular complexity index is 553. The normalized spacial score (nSPS) is 19.5. The van der Waals surface area contributed by atoms with Gasteiger partial charge in [0.25, 0.3) is 5.91 Å². The number of amides is 2. The lowest BCUT2D eigenvalue weighted by molar-refractivity contribution is -0.135. The minimum Gasteiger partial charge on any atom is -0.340 e. The summed E-state index contributed by atoms with van der Waals surface area (Å²) in [6.07, 6.45) is 2.93. The zero-order chi connectivity index (χ0) is 17.5. The number of likely N-dealkylation sites (N-methyl/N-ethyl adjacent to an activating group) is 1. The number of rotatable bonds is 6. The third-order valence-electron chi connectivity index (χ3n) is 4.94. The monoisotopic (exact) mass is 367 g/mol. The number of carbonyl (C=O) groups excluding carboxylic acids is 2. The molecule has 1 aromatic carbocycles. The molecule has 0 aliphatic carbocycles. The van der Waals surface area contributed by atoms with E-state index in [1.165, 1.54) is 0 Å². The van der Waals surface area contributed by atoms with Gasteiger partial charge in [-0.1, -0.05) is 38.5 Å². The average molecular weight is 368 g/mol. The Morgan fingerprint density at radius 2 is 1.96 bits per heavy atom. The summed E-state index contributed by atoms with van der Waals surface area (Å²) in [7, 11) is 1.93. The fraction of sp³-hybridized carbons (Fsp3) is 0.579. The van der Waals surface area contributed by atoms with Crippen LogP contribution in [0.4, 0.5) is 0 Å². The molecule has 0 spiro atoms. The third-order valence-corrected chi connectivity index (χ3v) is 4.94. The fourth-order valence-electron chi connectivity index (χ4n) is 3.11. The van der Waals surface area contributed by atoms with Gasteiger partial charge in [-0.05, 0) is 37.9 Å². The van der Waals surface area contributed by atoms with E-state index in [1.54, 1.807) is 12.1 Å². The minimum absolute atomic E-state index is 0. The Morgan fingerprint density at radius 3 is 2.56 bits per heavy atom. The van der Waals surface area contributed by atoms with Crippen LogP contribution in [0.25, 0.3) is 0 Å². The molecule has 3 unspecified atom stereocenters. The molecule has 6 heteroatoms. The topological polar surface area (TPSA) is 61.4 Å². The molecule has 1 aliphatic heterocycles. The van der Waals surface area contributed by atoms with Crippen molar-refractivity contribution in [3.05, 3.63) is 35.9 Å². The van der Waals surface area contributed by atoms with Gasteiger partial charge in [-0.2, -0.15) is 0 Å². The summed E-state index contributed by atoms with van der Waals surface area (Å²) in [5.74, 6) is -0.0508. The molecule has 0 aromatic heterocycles. The number of hydrogen-bond donors (Lipinski definition) is 2. The van der Waals surface area contributed by atoms with Crippen LogP contribution in [0.2, 0.25) is 0 Å². The van der Waals surface area contributed by atoms with Gasteiger partial charge in [-0.25, -0.2) is 0 Å². The van der Waals surface area contributed by atoms with Crippen LogP contribution in [0, 0.1) is 5.92 Å². The molecule has 5 nitrogen and oxygen atoms in total. The summed E-state index contributed by atoms with van der Waals surface area (Å²) >= 11 is 0. The van der Waals surface area contributed by atoms with Gasteiger partial charge in [0.1, 0.15) is 6.04 Å². The van der Waals surface area contributed by atoms with E-state index in [0.29, 0.717) is 18.2 Å². The predicted molar refractivity (Wildman–Crippen MR) is 103 cm³/mol. The highest BCUT2D eigenvalue weighted by atomic mass is 35.5. The van der Waals surface area contributed by atoms with Crippen LogP contribution in [-0.4, -0.2) is 48.9 Å². The van der Waals surface area contributed by atoms with Crippen molar-refractivity contribution in [1.82, 2.24) is 15.5 Å². The molecule has 2 amide bonds. The molecule has 1 heterocycles. The van der Waals surface area contributed by atoms with Crippen molar-refractivity contribution in [2.24, 2.45) is 5.92 Å². The molecule has 3 atom stereocenters. The van der Waals surface area contributed by atoms with E-state index in [0.717, 1.165) is 25.8 Å². The highest BCUT2D eigenvalue weighted by Crippen LogP contribution is 2.16. The number of likely N-dealkylation sites (tertiary alicyclic amines) is 1. The SMILES string of the molecule is CCC(C)C(NC(=O)c1ccccc1)C(=O)N1CCCC(NC)C1.Cl. The molecule has 140 valence electrons. The predicted octanol–water partition coefficient (Wildman–Crippen LogP) is 2.46. The Hall–Kier alpha value is -1.59. The minimum atomic E-state index is -0.474. The first-order chi connectivity index (χ1) is 11.6. The van der Waals surface area contributed by atoms with Gasteiger partial charge in [0.05, 0.1) is 0 Å². The molecular formula is C19H30ClN3O2. The molecule has 1 aromatic rings. The van der Waals surface area contributed by atoms with Gasteiger partial charge in [-0.3, -0.25) is 9.59 Å². The van der Waals surface area contributed by atoms with Crippen molar-refractivity contribution in [1.29, 1.82) is 0 Å². The maximum Gasteiger partial charge on any atom is 0.251 e. The molecule has 25 heavy (non-hydrogen) atoms. The fourth-order valence-corrected chi connectivity index (χ4v) is 3.11. The van der Waals surface area contributed by atoms with E-state index in [9.17, 15) is 9.59 Å². The first-order valence-corrected chi connectivity index (χ1v) is 8.88. The number of piperidine rings is 1. The van der Waals surface area contributed by atoms with Gasteiger partial charge >= 0.3 is 0 Å². The molecule has 0 radical (unpaired) electrons. The molecule has 0 saturated carbocycles. The van der Waals surface area contributed by atoms with E-state index >= 15 is 0 Å². The number of carbonyl (C=O) groups is 2. The molecule has 1 aliphatic rings. The Morgan fingerprint density at radius 1 is 1.28 bits per heavy atom. The van der Waals surface area contributed by atoms with Crippen LogP contribution >= 0.6 is 12.4 Å². The van der Waals surface area contributed by atoms with Gasteiger partial charge in [0.2, 0.25) is 5.91 Å². The summed E-state index contributed by atoms with van der Waals surface area (Å²) in [5.41, 5.74) is 0.588. The summed E-state index contributed by atoms with van der Waals surface area (Å²) in [4.78, 5) is 27.4. The zero-order valence-electron chi connectivity index (χ0n) is 15.3. The molecule has 1 saturated heterocycles. The van der Waals surface area contributed by atoms with E-state index in [1.807, 2.05) is 44.0 Å². The number of nitrogens with one attached hydrogen (secondary N) is 2. The summed E-state index contributed by atoms with van der Waals surface area (Å²) in [5, 5.41) is 6.22. The maximum absolute atomic E-state index is 13.0. The van der Waals surface area contributed by atoms with Crippen molar-refractivity contribution < 1.29 is 9.59 Å². The van der Waals surface area contributed by atoms with E-state index in [2.05, 4.69) is 10.6 Å². The van der Waals surface area contributed by atoms with Crippen molar-refractivity contribution >= 4 is 24.2 Å². The lowest BCUT2D eigenvalue weighted by Gasteiger charge is -2.36. The summed E-state index contributed by atoms with van der Waals surface area (Å²) in [6.45, 7) is 5.55. The van der Waals surface area contributed by atoms with Gasteiger partial charge in [0, 0.05) is 24.7 Å². The summed E-state index contributed by atoms with van der Waals surface area (Å²) < 4.78 is 0. The quantitative estimate of drug-likeness (QED) is 0.811. The summed E-state index contributed by atoms with van der Waals surface area (Å²) in [6, 6.07) is 8.94. The van der Waals surface area contributed by atoms with Crippen molar-refractivity contribution in [3.63, 3.8) is 0 Å². The van der Waals surface area contributed by atoms with Crippen molar-refractivity contribution in [3.8, 4) is 0 Å². The van der Waals surface area contributed by atoms with Crippen molar-refractivity contribution in [2.75, 3.05) is 20.1 Å². The first-order valence-electron chi connectivity index (χ1n) is 8.88. The average Bonchev–Trinajstić information content (AvgIpc) is 2.65. The third kappa shape index (κ3) is 5.72. The van der Waals surface area contributed by atoms with Gasteiger partial charge in [0.15, 0.2) is 0 Å². The molecule has 2 rings (SSSR count). The number of nitrogens with zero attached hydrogens (tertiary/aromatic N) is 1. The molecular weight excluding hydrogens is 338 g/mol. The van der Waals surface area contributed by atoms with Crippen LogP contribution in [0.5, 0.6) is 0 Å². The number of hydrogen-bond acceptors (Lipinski definition) is 3. The Labute approximate surface area is 157 Å². The van der Waals surface area contributed by atoms with Gasteiger partial charge < -0.3 is 15.5 Å². The van der Waals surface area contributed by atoms with Crippen LogP contribution in [0.15, 0.2) is 30.3 Å². The maximum atomic E-state index is 13.0. The van der Waals surface area contributed by atoms with Crippen LogP contribution in [0.1, 0.15) is 43.5 Å². The van der Waals surface area contributed by atoms with E-state index in [-0.39, 0.29) is 30.1 Å². The van der Waals surface area contributed by atoms with Crippen LogP contribution in [-0.2, 0) is 4.79 Å². The smallest absolute Gasteiger partial charge is 0.251 e. The molecule has 1 fully saturated rings. The molecule has 0 bridgehead atoms. The highest BCUT2D eigenvalue weighted by molar-refractivity contribution is 5.97.